The van der Waals surface area contributed by atoms with Crippen LogP contribution in [0.15, 0.2) is 95.8 Å². The number of unbranched alkanes of at least 4 members (excludes halogenated alkanes) is 1. The van der Waals surface area contributed by atoms with Crippen LogP contribution in [-0.4, -0.2) is 29.4 Å². The Balaban J connectivity index is 1.17. The lowest BCUT2D eigenvalue weighted by Crippen LogP contribution is -2.19. The molecule has 38 heavy (non-hydrogen) atoms. The molecule has 0 aliphatic rings. The number of hydrogen-bond donors (Lipinski definition) is 2. The number of aryl methyl sites for hydroxylation is 1. The molecule has 1 amide bonds. The van der Waals surface area contributed by atoms with Gasteiger partial charge in [-0.3, -0.25) is 9.59 Å². The summed E-state index contributed by atoms with van der Waals surface area (Å²) in [7, 11) is 2.08. The van der Waals surface area contributed by atoms with E-state index in [4.69, 9.17) is 0 Å². The number of carbonyl (C=O) groups is 1. The number of aromatic nitrogens is 1. The first-order valence-electron chi connectivity index (χ1n) is 12.8. The summed E-state index contributed by atoms with van der Waals surface area (Å²) >= 11 is 0. The van der Waals surface area contributed by atoms with E-state index in [0.29, 0.717) is 33.1 Å². The van der Waals surface area contributed by atoms with E-state index >= 15 is 0 Å². The molecule has 0 saturated carbocycles. The summed E-state index contributed by atoms with van der Waals surface area (Å²) in [5.41, 5.74) is 4.61. The molecular formula is C32H30FN3O2. The molecule has 192 valence electrons. The van der Waals surface area contributed by atoms with Crippen LogP contribution < -0.4 is 10.7 Å². The SMILES string of the molecule is CN(CCCCc1ccc(NC(=O)c2cccc3c(=O)c4ccccc4[nH]c23)cc1)Cc1ccc(F)cc1. The number of carbonyl (C=O) groups excluding carboxylic acids is 1. The lowest BCUT2D eigenvalue weighted by molar-refractivity contribution is 0.102. The van der Waals surface area contributed by atoms with Crippen molar-refractivity contribution in [3.05, 3.63) is 124 Å². The number of anilines is 1. The molecule has 0 fully saturated rings. The monoisotopic (exact) mass is 507 g/mol. The molecule has 2 N–H and O–H groups in total. The number of halogens is 1. The Kier molecular flexibility index (Phi) is 7.61. The maximum absolute atomic E-state index is 13.1. The van der Waals surface area contributed by atoms with Gasteiger partial charge >= 0.3 is 0 Å². The predicted molar refractivity (Wildman–Crippen MR) is 152 cm³/mol. The molecule has 6 heteroatoms. The molecule has 0 atom stereocenters. The molecule has 5 nitrogen and oxygen atoms in total. The van der Waals surface area contributed by atoms with Gasteiger partial charge in [-0.15, -0.1) is 0 Å². The van der Waals surface area contributed by atoms with Gasteiger partial charge in [0, 0.05) is 28.5 Å². The van der Waals surface area contributed by atoms with Crippen LogP contribution in [-0.2, 0) is 13.0 Å². The van der Waals surface area contributed by atoms with Crippen molar-refractivity contribution in [3.8, 4) is 0 Å². The summed E-state index contributed by atoms with van der Waals surface area (Å²) in [6, 6.07) is 27.1. The Hall–Kier alpha value is -4.29. The van der Waals surface area contributed by atoms with Crippen molar-refractivity contribution in [3.63, 3.8) is 0 Å². The topological polar surface area (TPSA) is 65.2 Å². The number of benzene rings is 4. The van der Waals surface area contributed by atoms with Gasteiger partial charge in [0.2, 0.25) is 0 Å². The second-order valence-electron chi connectivity index (χ2n) is 9.70. The zero-order valence-corrected chi connectivity index (χ0v) is 21.3. The molecule has 1 aromatic heterocycles. The van der Waals surface area contributed by atoms with Crippen LogP contribution in [0.1, 0.15) is 34.3 Å². The van der Waals surface area contributed by atoms with Gasteiger partial charge in [-0.25, -0.2) is 4.39 Å². The van der Waals surface area contributed by atoms with Crippen LogP contribution in [0.4, 0.5) is 10.1 Å². The van der Waals surface area contributed by atoms with Gasteiger partial charge in [0.05, 0.1) is 11.1 Å². The summed E-state index contributed by atoms with van der Waals surface area (Å²) in [6.07, 6.45) is 3.07. The molecule has 0 saturated heterocycles. The third kappa shape index (κ3) is 5.82. The Bertz CT molecular complexity index is 1630. The molecule has 0 unspecified atom stereocenters. The number of nitrogens with one attached hydrogen (secondary N) is 2. The van der Waals surface area contributed by atoms with Crippen molar-refractivity contribution in [2.75, 3.05) is 18.9 Å². The highest BCUT2D eigenvalue weighted by atomic mass is 19.1. The predicted octanol–water partition coefficient (Wildman–Crippen LogP) is 6.53. The van der Waals surface area contributed by atoms with E-state index in [9.17, 15) is 14.0 Å². The Morgan fingerprint density at radius 2 is 1.55 bits per heavy atom. The molecule has 4 aromatic carbocycles. The molecule has 0 spiro atoms. The van der Waals surface area contributed by atoms with Crippen molar-refractivity contribution < 1.29 is 9.18 Å². The minimum absolute atomic E-state index is 0.0880. The Morgan fingerprint density at radius 1 is 0.842 bits per heavy atom. The standard InChI is InChI=1S/C32H30FN3O2/c1-36(21-23-12-16-24(33)17-13-23)20-5-4-7-22-14-18-25(19-15-22)34-32(38)28-10-6-9-27-30(28)35-29-11-3-2-8-26(29)31(27)37/h2-3,6,8-19H,4-5,7,20-21H2,1H3,(H,34,38)(H,35,37). The molecule has 0 bridgehead atoms. The minimum atomic E-state index is -0.265. The van der Waals surface area contributed by atoms with Crippen LogP contribution in [0, 0.1) is 5.82 Å². The van der Waals surface area contributed by atoms with Gasteiger partial charge in [-0.05, 0) is 92.5 Å². The van der Waals surface area contributed by atoms with Crippen LogP contribution >= 0.6 is 0 Å². The quantitative estimate of drug-likeness (QED) is 0.176. The van der Waals surface area contributed by atoms with E-state index in [-0.39, 0.29) is 17.2 Å². The lowest BCUT2D eigenvalue weighted by Gasteiger charge is -2.16. The van der Waals surface area contributed by atoms with Crippen LogP contribution in [0.25, 0.3) is 21.8 Å². The first-order valence-corrected chi connectivity index (χ1v) is 12.8. The van der Waals surface area contributed by atoms with E-state index in [1.54, 1.807) is 24.3 Å². The maximum Gasteiger partial charge on any atom is 0.257 e. The number of hydrogen-bond acceptors (Lipinski definition) is 3. The van der Waals surface area contributed by atoms with Crippen molar-refractivity contribution in [2.24, 2.45) is 0 Å². The molecule has 5 aromatic rings. The highest BCUT2D eigenvalue weighted by Gasteiger charge is 2.14. The van der Waals surface area contributed by atoms with Gasteiger partial charge in [-0.1, -0.05) is 42.5 Å². The summed E-state index contributed by atoms with van der Waals surface area (Å²) in [5.74, 6) is -0.473. The second-order valence-corrected chi connectivity index (χ2v) is 9.70. The summed E-state index contributed by atoms with van der Waals surface area (Å²) in [6.45, 7) is 1.77. The summed E-state index contributed by atoms with van der Waals surface area (Å²) < 4.78 is 13.1. The van der Waals surface area contributed by atoms with Crippen molar-refractivity contribution in [1.29, 1.82) is 0 Å². The van der Waals surface area contributed by atoms with Gasteiger partial charge < -0.3 is 15.2 Å². The fourth-order valence-electron chi connectivity index (χ4n) is 4.78. The lowest BCUT2D eigenvalue weighted by atomic mass is 10.1. The zero-order valence-electron chi connectivity index (χ0n) is 21.3. The Labute approximate surface area is 220 Å². The largest absolute Gasteiger partial charge is 0.354 e. The fourth-order valence-corrected chi connectivity index (χ4v) is 4.78. The zero-order chi connectivity index (χ0) is 26.5. The smallest absolute Gasteiger partial charge is 0.257 e. The van der Waals surface area contributed by atoms with Crippen molar-refractivity contribution in [2.45, 2.75) is 25.8 Å². The molecule has 5 rings (SSSR count). The summed E-state index contributed by atoms with van der Waals surface area (Å²) in [5, 5.41) is 4.06. The van der Waals surface area contributed by atoms with Gasteiger partial charge in [0.25, 0.3) is 5.91 Å². The molecular weight excluding hydrogens is 477 g/mol. The minimum Gasteiger partial charge on any atom is -0.354 e. The van der Waals surface area contributed by atoms with Crippen molar-refractivity contribution >= 4 is 33.4 Å². The number of aromatic amines is 1. The Morgan fingerprint density at radius 3 is 2.34 bits per heavy atom. The number of H-pyrrole nitrogens is 1. The molecule has 1 heterocycles. The van der Waals surface area contributed by atoms with Gasteiger partial charge in [-0.2, -0.15) is 0 Å². The average molecular weight is 508 g/mol. The average Bonchev–Trinajstić information content (AvgIpc) is 2.93. The van der Waals surface area contributed by atoms with Crippen LogP contribution in [0.2, 0.25) is 0 Å². The van der Waals surface area contributed by atoms with E-state index < -0.39 is 0 Å². The summed E-state index contributed by atoms with van der Waals surface area (Å²) in [4.78, 5) is 31.6. The van der Waals surface area contributed by atoms with Crippen LogP contribution in [0.5, 0.6) is 0 Å². The normalized spacial score (nSPS) is 11.3. The van der Waals surface area contributed by atoms with E-state index in [1.807, 2.05) is 54.6 Å². The number of nitrogens with zero attached hydrogens (tertiary/aromatic N) is 1. The van der Waals surface area contributed by atoms with E-state index in [2.05, 4.69) is 22.2 Å². The van der Waals surface area contributed by atoms with E-state index in [0.717, 1.165) is 37.9 Å². The molecule has 0 aliphatic heterocycles. The van der Waals surface area contributed by atoms with E-state index in [1.165, 1.54) is 17.7 Å². The number of rotatable bonds is 9. The molecule has 0 aliphatic carbocycles. The number of para-hydroxylation sites is 2. The van der Waals surface area contributed by atoms with Crippen molar-refractivity contribution in [1.82, 2.24) is 9.88 Å². The third-order valence-corrected chi connectivity index (χ3v) is 6.82. The third-order valence-electron chi connectivity index (χ3n) is 6.82. The highest BCUT2D eigenvalue weighted by molar-refractivity contribution is 6.13. The van der Waals surface area contributed by atoms with Gasteiger partial charge in [0.15, 0.2) is 5.43 Å². The maximum atomic E-state index is 13.1. The first-order chi connectivity index (χ1) is 18.5. The number of pyridine rings is 1. The second kappa shape index (κ2) is 11.4. The fraction of sp³-hybridized carbons (Fsp3) is 0.188. The number of amides is 1. The van der Waals surface area contributed by atoms with Gasteiger partial charge in [0.1, 0.15) is 5.82 Å². The van der Waals surface area contributed by atoms with Crippen LogP contribution in [0.3, 0.4) is 0 Å². The first kappa shape index (κ1) is 25.4. The molecule has 0 radical (unpaired) electrons. The number of fused-ring (bicyclic) bond motifs is 2. The highest BCUT2D eigenvalue weighted by Crippen LogP contribution is 2.20.